The van der Waals surface area contributed by atoms with Gasteiger partial charge in [0, 0.05) is 0 Å². The maximum atomic E-state index is 10.7. The number of rotatable bonds is 7. The van der Waals surface area contributed by atoms with Crippen molar-refractivity contribution in [1.82, 2.24) is 9.55 Å². The average Bonchev–Trinajstić information content (AvgIpc) is 3.05. The van der Waals surface area contributed by atoms with Gasteiger partial charge in [-0.15, -0.1) is 0 Å². The highest BCUT2D eigenvalue weighted by molar-refractivity contribution is 5.75. The van der Waals surface area contributed by atoms with E-state index in [9.17, 15) is 5.11 Å². The number of ether oxygens (including phenoxy) is 1. The summed E-state index contributed by atoms with van der Waals surface area (Å²) in [7, 11) is 0. The number of fused-ring (bicyclic) bond motifs is 1. The summed E-state index contributed by atoms with van der Waals surface area (Å²) in [6.45, 7) is 4.74. The minimum Gasteiger partial charge on any atom is -0.389 e. The van der Waals surface area contributed by atoms with Crippen LogP contribution >= 0.6 is 0 Å². The van der Waals surface area contributed by atoms with Gasteiger partial charge in [0.2, 0.25) is 0 Å². The van der Waals surface area contributed by atoms with E-state index >= 15 is 0 Å². The molecule has 0 aliphatic carbocycles. The molecular weight excluding hydrogens is 360 g/mol. The molecular formula is C25H26N2O2. The molecule has 2 atom stereocenters. The summed E-state index contributed by atoms with van der Waals surface area (Å²) < 4.78 is 8.32. The van der Waals surface area contributed by atoms with Gasteiger partial charge in [0.1, 0.15) is 11.9 Å². The van der Waals surface area contributed by atoms with Crippen LogP contribution in [0.3, 0.4) is 0 Å². The number of aryl methyl sites for hydroxylation is 2. The molecule has 0 bridgehead atoms. The number of nitrogens with zero attached hydrogens (tertiary/aromatic N) is 2. The molecule has 0 saturated heterocycles. The molecule has 3 aromatic carbocycles. The standard InChI is InChI=1S/C25H26N2O2/c1-18-10-6-7-13-22(18)25(20-11-4-3-5-12-20)29-17-21(28)16-27-19(2)26-23-14-8-9-15-24(23)27/h3-15,21,25,28H,16-17H2,1-2H3/t21-,25+/m0/s1. The molecule has 0 spiro atoms. The third kappa shape index (κ3) is 4.24. The van der Waals surface area contributed by atoms with E-state index in [-0.39, 0.29) is 12.7 Å². The van der Waals surface area contributed by atoms with E-state index in [0.29, 0.717) is 6.54 Å². The molecule has 4 heteroatoms. The molecule has 4 aromatic rings. The van der Waals surface area contributed by atoms with Crippen molar-refractivity contribution in [2.24, 2.45) is 0 Å². The van der Waals surface area contributed by atoms with Crippen molar-refractivity contribution >= 4 is 11.0 Å². The zero-order valence-corrected chi connectivity index (χ0v) is 16.8. The summed E-state index contributed by atoms with van der Waals surface area (Å²) in [5.74, 6) is 0.892. The maximum Gasteiger partial charge on any atom is 0.108 e. The molecule has 0 aliphatic rings. The van der Waals surface area contributed by atoms with Gasteiger partial charge in [0.25, 0.3) is 0 Å². The average molecular weight is 386 g/mol. The molecule has 1 N–H and O–H groups in total. The highest BCUT2D eigenvalue weighted by atomic mass is 16.5. The van der Waals surface area contributed by atoms with Gasteiger partial charge in [-0.2, -0.15) is 0 Å². The number of hydrogen-bond acceptors (Lipinski definition) is 3. The van der Waals surface area contributed by atoms with Crippen LogP contribution in [-0.4, -0.2) is 27.4 Å². The fourth-order valence-corrected chi connectivity index (χ4v) is 3.77. The summed E-state index contributed by atoms with van der Waals surface area (Å²) in [5, 5.41) is 10.7. The van der Waals surface area contributed by atoms with Crippen molar-refractivity contribution < 1.29 is 9.84 Å². The van der Waals surface area contributed by atoms with E-state index in [2.05, 4.69) is 40.7 Å². The Balaban J connectivity index is 1.53. The second-order valence-corrected chi connectivity index (χ2v) is 7.39. The number of para-hydroxylation sites is 2. The molecule has 0 unspecified atom stereocenters. The summed E-state index contributed by atoms with van der Waals surface area (Å²) in [6, 6.07) is 26.4. The Labute approximate surface area is 171 Å². The van der Waals surface area contributed by atoms with E-state index in [4.69, 9.17) is 4.74 Å². The second kappa shape index (κ2) is 8.60. The predicted molar refractivity (Wildman–Crippen MR) is 116 cm³/mol. The SMILES string of the molecule is Cc1ccccc1[C@H](OC[C@@H](O)Cn1c(C)nc2ccccc21)c1ccccc1. The van der Waals surface area contributed by atoms with Crippen molar-refractivity contribution in [3.8, 4) is 0 Å². The van der Waals surface area contributed by atoms with Gasteiger partial charge in [-0.05, 0) is 42.7 Å². The van der Waals surface area contributed by atoms with Gasteiger partial charge in [-0.3, -0.25) is 0 Å². The largest absolute Gasteiger partial charge is 0.389 e. The number of aromatic nitrogens is 2. The fourth-order valence-electron chi connectivity index (χ4n) is 3.77. The molecule has 0 saturated carbocycles. The van der Waals surface area contributed by atoms with Gasteiger partial charge in [0.15, 0.2) is 0 Å². The first-order valence-electron chi connectivity index (χ1n) is 9.95. The van der Waals surface area contributed by atoms with Gasteiger partial charge >= 0.3 is 0 Å². The van der Waals surface area contributed by atoms with Gasteiger partial charge in [-0.25, -0.2) is 4.98 Å². The molecule has 0 amide bonds. The first-order valence-corrected chi connectivity index (χ1v) is 9.95. The molecule has 4 rings (SSSR count). The van der Waals surface area contributed by atoms with Gasteiger partial charge < -0.3 is 14.4 Å². The first kappa shape index (κ1) is 19.4. The Kier molecular flexibility index (Phi) is 5.74. The van der Waals surface area contributed by atoms with Crippen LogP contribution < -0.4 is 0 Å². The Morgan fingerprint density at radius 1 is 0.897 bits per heavy atom. The van der Waals surface area contributed by atoms with Crippen LogP contribution in [0.25, 0.3) is 11.0 Å². The van der Waals surface area contributed by atoms with E-state index in [0.717, 1.165) is 28.0 Å². The van der Waals surface area contributed by atoms with Crippen molar-refractivity contribution in [3.63, 3.8) is 0 Å². The van der Waals surface area contributed by atoms with Crippen molar-refractivity contribution in [2.75, 3.05) is 6.61 Å². The summed E-state index contributed by atoms with van der Waals surface area (Å²) in [5.41, 5.74) is 5.35. The van der Waals surface area contributed by atoms with E-state index in [1.54, 1.807) is 0 Å². The first-order chi connectivity index (χ1) is 14.1. The Morgan fingerprint density at radius 3 is 2.38 bits per heavy atom. The highest BCUT2D eigenvalue weighted by Crippen LogP contribution is 2.28. The third-order valence-electron chi connectivity index (χ3n) is 5.27. The normalized spacial score (nSPS) is 13.5. The van der Waals surface area contributed by atoms with Crippen LogP contribution in [-0.2, 0) is 11.3 Å². The quantitative estimate of drug-likeness (QED) is 0.495. The lowest BCUT2D eigenvalue weighted by Crippen LogP contribution is -2.24. The van der Waals surface area contributed by atoms with Gasteiger partial charge in [0.05, 0.1) is 30.3 Å². The second-order valence-electron chi connectivity index (χ2n) is 7.39. The van der Waals surface area contributed by atoms with Crippen molar-refractivity contribution in [3.05, 3.63) is 101 Å². The molecule has 1 heterocycles. The topological polar surface area (TPSA) is 47.3 Å². The summed E-state index contributed by atoms with van der Waals surface area (Å²) >= 11 is 0. The molecule has 0 aliphatic heterocycles. The third-order valence-corrected chi connectivity index (χ3v) is 5.27. The number of imidazole rings is 1. The Hall–Kier alpha value is -2.95. The molecule has 0 fully saturated rings. The minimum absolute atomic E-state index is 0.215. The van der Waals surface area contributed by atoms with Crippen LogP contribution in [0.15, 0.2) is 78.9 Å². The lowest BCUT2D eigenvalue weighted by molar-refractivity contribution is -0.000553. The number of benzene rings is 3. The van der Waals surface area contributed by atoms with Crippen molar-refractivity contribution in [2.45, 2.75) is 32.6 Å². The zero-order valence-electron chi connectivity index (χ0n) is 16.8. The molecule has 0 radical (unpaired) electrons. The molecule has 4 nitrogen and oxygen atoms in total. The van der Waals surface area contributed by atoms with Crippen molar-refractivity contribution in [1.29, 1.82) is 0 Å². The predicted octanol–water partition coefficient (Wildman–Crippen LogP) is 4.82. The van der Waals surface area contributed by atoms with E-state index in [1.165, 1.54) is 5.56 Å². The number of hydrogen-bond donors (Lipinski definition) is 1. The molecule has 148 valence electrons. The van der Waals surface area contributed by atoms with Gasteiger partial charge in [-0.1, -0.05) is 66.7 Å². The van der Waals surface area contributed by atoms with Crippen LogP contribution in [0.5, 0.6) is 0 Å². The van der Waals surface area contributed by atoms with Crippen LogP contribution in [0.2, 0.25) is 0 Å². The smallest absolute Gasteiger partial charge is 0.108 e. The fraction of sp³-hybridized carbons (Fsp3) is 0.240. The zero-order chi connectivity index (χ0) is 20.2. The Morgan fingerprint density at radius 2 is 1.59 bits per heavy atom. The highest BCUT2D eigenvalue weighted by Gasteiger charge is 2.19. The Bertz CT molecular complexity index is 1090. The molecule has 1 aromatic heterocycles. The lowest BCUT2D eigenvalue weighted by atomic mass is 9.97. The number of aliphatic hydroxyl groups is 1. The molecule has 29 heavy (non-hydrogen) atoms. The van der Waals surface area contributed by atoms with Crippen LogP contribution in [0.4, 0.5) is 0 Å². The summed E-state index contributed by atoms with van der Waals surface area (Å²) in [6.07, 6.45) is -0.853. The lowest BCUT2D eigenvalue weighted by Gasteiger charge is -2.23. The summed E-state index contributed by atoms with van der Waals surface area (Å²) in [4.78, 5) is 4.58. The monoisotopic (exact) mass is 386 g/mol. The van der Waals surface area contributed by atoms with E-state index < -0.39 is 6.10 Å². The van der Waals surface area contributed by atoms with E-state index in [1.807, 2.05) is 61.5 Å². The van der Waals surface area contributed by atoms with Crippen LogP contribution in [0, 0.1) is 13.8 Å². The number of aliphatic hydroxyl groups excluding tert-OH is 1. The van der Waals surface area contributed by atoms with Crippen LogP contribution in [0.1, 0.15) is 28.6 Å². The minimum atomic E-state index is -0.637. The maximum absolute atomic E-state index is 10.7.